The van der Waals surface area contributed by atoms with Gasteiger partial charge in [0, 0.05) is 13.2 Å². The number of hydrogen-bond donors (Lipinski definition) is 0. The van der Waals surface area contributed by atoms with E-state index in [1.165, 1.54) is 7.11 Å². The van der Waals surface area contributed by atoms with Gasteiger partial charge in [0.05, 0.1) is 52.3 Å². The number of esters is 1. The number of unbranched alkanes of at least 4 members (excludes halogenated alkanes) is 2. The Morgan fingerprint density at radius 2 is 1.08 bits per heavy atom. The van der Waals surface area contributed by atoms with Crippen molar-refractivity contribution in [3.8, 4) is 28.4 Å². The minimum absolute atomic E-state index is 0.347. The van der Waals surface area contributed by atoms with E-state index in [1.54, 1.807) is 12.1 Å². The zero-order chi connectivity index (χ0) is 34.1. The summed E-state index contributed by atoms with van der Waals surface area (Å²) in [5, 5.41) is 0. The number of rotatable bonds is 27. The fraction of sp³-hybridized carbons (Fsp3) is 0.410. The molecule has 0 saturated heterocycles. The molecule has 48 heavy (non-hydrogen) atoms. The second-order valence-corrected chi connectivity index (χ2v) is 10.7. The summed E-state index contributed by atoms with van der Waals surface area (Å²) < 4.78 is 45.4. The van der Waals surface area contributed by atoms with E-state index in [2.05, 4.69) is 13.2 Å². The maximum Gasteiger partial charge on any atom is 0.337 e. The standard InChI is InChI=1S/C39H50O9/c1-4-6-8-20-42-22-24-44-26-28-46-37-19-10-32(30-38(37)47-29-27-45-25-23-43-21-9-7-5-2)31-48-36-17-15-34(16-18-36)33-11-13-35(14-12-33)39(40)41-3/h4-5,10-19,30H,1-2,6-9,20-29,31H2,3H3. The number of benzene rings is 3. The Morgan fingerprint density at radius 1 is 0.583 bits per heavy atom. The first kappa shape index (κ1) is 38.3. The van der Waals surface area contributed by atoms with Crippen molar-refractivity contribution in [1.29, 1.82) is 0 Å². The summed E-state index contributed by atoms with van der Waals surface area (Å²) in [4.78, 5) is 11.7. The van der Waals surface area contributed by atoms with Crippen molar-refractivity contribution in [1.82, 2.24) is 0 Å². The van der Waals surface area contributed by atoms with Crippen LogP contribution in [0.15, 0.2) is 92.0 Å². The van der Waals surface area contributed by atoms with Gasteiger partial charge in [0.2, 0.25) is 0 Å². The molecule has 0 heterocycles. The minimum atomic E-state index is -0.357. The first-order valence-electron chi connectivity index (χ1n) is 16.5. The zero-order valence-corrected chi connectivity index (χ0v) is 28.2. The van der Waals surface area contributed by atoms with Crippen LogP contribution in [0, 0.1) is 0 Å². The highest BCUT2D eigenvalue weighted by Crippen LogP contribution is 2.30. The van der Waals surface area contributed by atoms with Crippen LogP contribution in [0.4, 0.5) is 0 Å². The highest BCUT2D eigenvalue weighted by Gasteiger charge is 2.10. The van der Waals surface area contributed by atoms with Gasteiger partial charge in [0.15, 0.2) is 11.5 Å². The van der Waals surface area contributed by atoms with Crippen LogP contribution >= 0.6 is 0 Å². The fourth-order valence-corrected chi connectivity index (χ4v) is 4.43. The quantitative estimate of drug-likeness (QED) is 0.0468. The van der Waals surface area contributed by atoms with E-state index < -0.39 is 0 Å². The number of carbonyl (C=O) groups excluding carboxylic acids is 1. The predicted octanol–water partition coefficient (Wildman–Crippen LogP) is 7.48. The predicted molar refractivity (Wildman–Crippen MR) is 187 cm³/mol. The van der Waals surface area contributed by atoms with Crippen LogP contribution in [0.25, 0.3) is 11.1 Å². The van der Waals surface area contributed by atoms with Gasteiger partial charge in [-0.15, -0.1) is 13.2 Å². The number of carbonyl (C=O) groups is 1. The topological polar surface area (TPSA) is 90.9 Å². The largest absolute Gasteiger partial charge is 0.489 e. The second-order valence-electron chi connectivity index (χ2n) is 10.7. The molecule has 0 aromatic heterocycles. The smallest absolute Gasteiger partial charge is 0.337 e. The highest BCUT2D eigenvalue weighted by molar-refractivity contribution is 5.90. The van der Waals surface area contributed by atoms with Crippen molar-refractivity contribution < 1.29 is 42.7 Å². The molecular weight excluding hydrogens is 612 g/mol. The van der Waals surface area contributed by atoms with E-state index in [0.717, 1.165) is 48.1 Å². The Balaban J connectivity index is 1.49. The third kappa shape index (κ3) is 15.2. The molecule has 0 aliphatic rings. The van der Waals surface area contributed by atoms with Gasteiger partial charge in [-0.3, -0.25) is 0 Å². The van der Waals surface area contributed by atoms with Gasteiger partial charge in [0.25, 0.3) is 0 Å². The molecule has 0 saturated carbocycles. The van der Waals surface area contributed by atoms with Crippen LogP contribution in [0.2, 0.25) is 0 Å². The first-order valence-corrected chi connectivity index (χ1v) is 16.5. The number of allylic oxidation sites excluding steroid dienone is 2. The molecule has 0 aliphatic heterocycles. The van der Waals surface area contributed by atoms with Crippen molar-refractivity contribution >= 4 is 5.97 Å². The SMILES string of the molecule is C=CCCCOCCOCCOc1ccc(COc2ccc(-c3ccc(C(=O)OC)cc3)cc2)cc1OCCOCCOCCCC=C. The van der Waals surface area contributed by atoms with Gasteiger partial charge >= 0.3 is 5.97 Å². The third-order valence-electron chi connectivity index (χ3n) is 7.02. The van der Waals surface area contributed by atoms with E-state index in [4.69, 9.17) is 37.9 Å². The zero-order valence-electron chi connectivity index (χ0n) is 28.2. The Morgan fingerprint density at radius 3 is 1.62 bits per heavy atom. The molecule has 9 nitrogen and oxygen atoms in total. The van der Waals surface area contributed by atoms with Gasteiger partial charge in [-0.2, -0.15) is 0 Å². The highest BCUT2D eigenvalue weighted by atomic mass is 16.6. The summed E-state index contributed by atoms with van der Waals surface area (Å²) in [5.41, 5.74) is 3.44. The number of ether oxygens (including phenoxy) is 8. The molecule has 0 unspecified atom stereocenters. The van der Waals surface area contributed by atoms with Crippen LogP contribution in [-0.2, 0) is 30.3 Å². The Kier molecular flexibility index (Phi) is 19.2. The van der Waals surface area contributed by atoms with Crippen LogP contribution in [0.5, 0.6) is 17.2 Å². The molecule has 0 bridgehead atoms. The van der Waals surface area contributed by atoms with Gasteiger partial charge in [-0.05, 0) is 78.8 Å². The van der Waals surface area contributed by atoms with E-state index in [9.17, 15) is 4.79 Å². The molecule has 0 spiro atoms. The Bertz CT molecular complexity index is 1320. The Hall–Kier alpha value is -4.15. The van der Waals surface area contributed by atoms with Crippen LogP contribution in [0.1, 0.15) is 41.6 Å². The maximum absolute atomic E-state index is 11.7. The molecule has 0 radical (unpaired) electrons. The molecule has 3 aromatic carbocycles. The van der Waals surface area contributed by atoms with Gasteiger partial charge < -0.3 is 37.9 Å². The van der Waals surface area contributed by atoms with Gasteiger partial charge in [-0.1, -0.05) is 42.5 Å². The van der Waals surface area contributed by atoms with Crippen molar-refractivity contribution in [2.75, 3.05) is 73.2 Å². The molecule has 9 heteroatoms. The number of methoxy groups -OCH3 is 1. The van der Waals surface area contributed by atoms with Crippen molar-refractivity contribution in [2.24, 2.45) is 0 Å². The van der Waals surface area contributed by atoms with Crippen LogP contribution < -0.4 is 14.2 Å². The summed E-state index contributed by atoms with van der Waals surface area (Å²) in [6.45, 7) is 12.9. The van der Waals surface area contributed by atoms with Crippen LogP contribution in [0.3, 0.4) is 0 Å². The number of hydrogen-bond acceptors (Lipinski definition) is 9. The molecular formula is C39H50O9. The summed E-state index contributed by atoms with van der Waals surface area (Å²) in [6.07, 6.45) is 7.60. The lowest BCUT2D eigenvalue weighted by molar-refractivity contribution is 0.0326. The summed E-state index contributed by atoms with van der Waals surface area (Å²) in [7, 11) is 1.37. The molecule has 260 valence electrons. The molecule has 0 amide bonds. The first-order chi connectivity index (χ1) is 23.6. The van der Waals surface area contributed by atoms with Gasteiger partial charge in [0.1, 0.15) is 25.6 Å². The lowest BCUT2D eigenvalue weighted by atomic mass is 10.0. The minimum Gasteiger partial charge on any atom is -0.489 e. The summed E-state index contributed by atoms with van der Waals surface area (Å²) in [6, 6.07) is 20.9. The van der Waals surface area contributed by atoms with Crippen molar-refractivity contribution in [3.63, 3.8) is 0 Å². The summed E-state index contributed by atoms with van der Waals surface area (Å²) >= 11 is 0. The average molecular weight is 663 g/mol. The third-order valence-corrected chi connectivity index (χ3v) is 7.02. The molecule has 0 fully saturated rings. The van der Waals surface area contributed by atoms with E-state index in [-0.39, 0.29) is 5.97 Å². The maximum atomic E-state index is 11.7. The van der Waals surface area contributed by atoms with E-state index >= 15 is 0 Å². The molecule has 3 aromatic rings. The summed E-state index contributed by atoms with van der Waals surface area (Å²) in [5.74, 6) is 1.60. The van der Waals surface area contributed by atoms with E-state index in [1.807, 2.05) is 66.7 Å². The Labute approximate surface area is 285 Å². The average Bonchev–Trinajstić information content (AvgIpc) is 3.12. The van der Waals surface area contributed by atoms with Crippen molar-refractivity contribution in [2.45, 2.75) is 32.3 Å². The molecule has 0 aliphatic carbocycles. The van der Waals surface area contributed by atoms with Gasteiger partial charge in [-0.25, -0.2) is 4.79 Å². The fourth-order valence-electron chi connectivity index (χ4n) is 4.43. The normalized spacial score (nSPS) is 10.8. The second kappa shape index (κ2) is 24.1. The van der Waals surface area contributed by atoms with Crippen LogP contribution in [-0.4, -0.2) is 79.1 Å². The lowest BCUT2D eigenvalue weighted by Gasteiger charge is -2.15. The lowest BCUT2D eigenvalue weighted by Crippen LogP contribution is -2.13. The van der Waals surface area contributed by atoms with E-state index in [0.29, 0.717) is 89.7 Å². The molecule has 0 atom stereocenters. The monoisotopic (exact) mass is 662 g/mol. The molecule has 3 rings (SSSR count). The van der Waals surface area contributed by atoms with Crippen molar-refractivity contribution in [3.05, 3.63) is 103 Å². The molecule has 0 N–H and O–H groups in total.